The Bertz CT molecular complexity index is 944. The second kappa shape index (κ2) is 7.28. The van der Waals surface area contributed by atoms with Crippen molar-refractivity contribution in [3.63, 3.8) is 0 Å². The Kier molecular flexibility index (Phi) is 4.81. The number of hydrogen-bond acceptors (Lipinski definition) is 3. The predicted octanol–water partition coefficient (Wildman–Crippen LogP) is 3.09. The Morgan fingerprint density at radius 3 is 2.50 bits per heavy atom. The molecule has 1 saturated heterocycles. The third-order valence-corrected chi connectivity index (χ3v) is 5.80. The number of carboxylic acids is 1. The lowest BCUT2D eigenvalue weighted by Gasteiger charge is -2.28. The molecule has 2 aliphatic rings. The number of carbonyl (C=O) groups is 3. The Hall–Kier alpha value is -2.86. The number of nitrogens with zero attached hydrogens (tertiary/aromatic N) is 1. The number of carboxylic acid groups (broad SMARTS) is 1. The van der Waals surface area contributed by atoms with Crippen molar-refractivity contribution >= 4 is 35.1 Å². The lowest BCUT2D eigenvalue weighted by molar-refractivity contribution is -0.142. The molecule has 2 N–H and O–H groups in total. The summed E-state index contributed by atoms with van der Waals surface area (Å²) in [6.45, 7) is 0.430. The summed E-state index contributed by atoms with van der Waals surface area (Å²) in [7, 11) is 0. The molecule has 2 aromatic carbocycles. The van der Waals surface area contributed by atoms with E-state index >= 15 is 0 Å². The molecule has 2 aliphatic heterocycles. The Morgan fingerprint density at radius 1 is 1.07 bits per heavy atom. The van der Waals surface area contributed by atoms with Crippen molar-refractivity contribution in [2.45, 2.75) is 18.3 Å². The highest BCUT2D eigenvalue weighted by atomic mass is 35.5. The predicted molar refractivity (Wildman–Crippen MR) is 104 cm³/mol. The maximum Gasteiger partial charge on any atom is 0.308 e. The van der Waals surface area contributed by atoms with Crippen molar-refractivity contribution in [2.75, 3.05) is 18.4 Å². The summed E-state index contributed by atoms with van der Waals surface area (Å²) in [5.41, 5.74) is 2.25. The summed E-state index contributed by atoms with van der Waals surface area (Å²) in [6.07, 6.45) is 0.0652. The van der Waals surface area contributed by atoms with Crippen LogP contribution in [0.2, 0.25) is 5.02 Å². The van der Waals surface area contributed by atoms with Crippen molar-refractivity contribution in [1.82, 2.24) is 4.90 Å². The van der Waals surface area contributed by atoms with Crippen molar-refractivity contribution in [1.29, 1.82) is 0 Å². The van der Waals surface area contributed by atoms with Crippen LogP contribution in [0.3, 0.4) is 0 Å². The third-order valence-electron chi connectivity index (χ3n) is 5.54. The van der Waals surface area contributed by atoms with Gasteiger partial charge in [0.25, 0.3) is 0 Å². The normalized spacial score (nSPS) is 23.8. The summed E-state index contributed by atoms with van der Waals surface area (Å²) < 4.78 is 0. The van der Waals surface area contributed by atoms with E-state index in [2.05, 4.69) is 5.32 Å². The zero-order chi connectivity index (χ0) is 19.8. The standard InChI is InChI=1S/C21H19ClN2O4/c22-13-7-5-12(6-8-13)16-10-24(11-17(16)21(27)28)20(26)15-9-19(25)23-18-4-2-1-3-14(15)18/h1-8,15-17H,9-11H2,(H,23,25)(H,27,28)/t15?,16-,17+/m0/s1. The van der Waals surface area contributed by atoms with Gasteiger partial charge in [-0.2, -0.15) is 0 Å². The van der Waals surface area contributed by atoms with E-state index in [9.17, 15) is 19.5 Å². The average molecular weight is 399 g/mol. The summed E-state index contributed by atoms with van der Waals surface area (Å²) in [5.74, 6) is -2.95. The Balaban J connectivity index is 1.61. The van der Waals surface area contributed by atoms with Crippen LogP contribution in [0.15, 0.2) is 48.5 Å². The fourth-order valence-electron chi connectivity index (χ4n) is 4.13. The quantitative estimate of drug-likeness (QED) is 0.831. The number of amides is 2. The lowest BCUT2D eigenvalue weighted by atomic mass is 9.89. The number of likely N-dealkylation sites (tertiary alicyclic amines) is 1. The summed E-state index contributed by atoms with van der Waals surface area (Å²) in [6, 6.07) is 14.3. The molecule has 0 bridgehead atoms. The number of hydrogen-bond donors (Lipinski definition) is 2. The van der Waals surface area contributed by atoms with Crippen LogP contribution in [0.4, 0.5) is 5.69 Å². The second-order valence-electron chi connectivity index (χ2n) is 7.24. The molecule has 2 amide bonds. The molecule has 0 spiro atoms. The number of nitrogens with one attached hydrogen (secondary N) is 1. The number of benzene rings is 2. The number of para-hydroxylation sites is 1. The number of anilines is 1. The molecule has 2 heterocycles. The van der Waals surface area contributed by atoms with Crippen LogP contribution in [0.1, 0.15) is 29.4 Å². The number of rotatable bonds is 3. The molecule has 3 atom stereocenters. The van der Waals surface area contributed by atoms with E-state index in [4.69, 9.17) is 11.6 Å². The molecule has 0 saturated carbocycles. The molecule has 2 aromatic rings. The van der Waals surface area contributed by atoms with Crippen LogP contribution < -0.4 is 5.32 Å². The van der Waals surface area contributed by atoms with E-state index in [0.717, 1.165) is 11.1 Å². The SMILES string of the molecule is O=C1CC(C(=O)N2C[C@@H](C(=O)O)[C@H](c3ccc(Cl)cc3)C2)c2ccccc2N1. The fraction of sp³-hybridized carbons (Fsp3) is 0.286. The van der Waals surface area contributed by atoms with E-state index in [-0.39, 0.29) is 30.7 Å². The van der Waals surface area contributed by atoms with Gasteiger partial charge in [-0.05, 0) is 29.3 Å². The Morgan fingerprint density at radius 2 is 1.79 bits per heavy atom. The smallest absolute Gasteiger partial charge is 0.308 e. The van der Waals surface area contributed by atoms with E-state index < -0.39 is 17.8 Å². The lowest BCUT2D eigenvalue weighted by Crippen LogP contribution is -2.37. The molecule has 6 nitrogen and oxygen atoms in total. The highest BCUT2D eigenvalue weighted by Gasteiger charge is 2.43. The van der Waals surface area contributed by atoms with Crippen molar-refractivity contribution < 1.29 is 19.5 Å². The van der Waals surface area contributed by atoms with E-state index in [1.165, 1.54) is 0 Å². The minimum absolute atomic E-state index is 0.0652. The molecule has 0 aromatic heterocycles. The molecule has 1 unspecified atom stereocenters. The monoisotopic (exact) mass is 398 g/mol. The maximum atomic E-state index is 13.2. The first-order valence-corrected chi connectivity index (χ1v) is 9.47. The van der Waals surface area contributed by atoms with Gasteiger partial charge in [0.2, 0.25) is 11.8 Å². The zero-order valence-electron chi connectivity index (χ0n) is 15.0. The van der Waals surface area contributed by atoms with Gasteiger partial charge in [-0.3, -0.25) is 14.4 Å². The molecule has 28 heavy (non-hydrogen) atoms. The van der Waals surface area contributed by atoms with Crippen LogP contribution in [0, 0.1) is 5.92 Å². The fourth-order valence-corrected chi connectivity index (χ4v) is 4.26. The average Bonchev–Trinajstić information content (AvgIpc) is 3.13. The van der Waals surface area contributed by atoms with Crippen LogP contribution in [0.5, 0.6) is 0 Å². The number of halogens is 1. The topological polar surface area (TPSA) is 86.7 Å². The molecule has 0 radical (unpaired) electrons. The van der Waals surface area contributed by atoms with Gasteiger partial charge < -0.3 is 15.3 Å². The molecule has 0 aliphatic carbocycles. The summed E-state index contributed by atoms with van der Waals surface area (Å²) >= 11 is 5.94. The number of carbonyl (C=O) groups excluding carboxylic acids is 2. The van der Waals surface area contributed by atoms with E-state index in [0.29, 0.717) is 17.3 Å². The first-order valence-electron chi connectivity index (χ1n) is 9.10. The Labute approximate surface area is 167 Å². The van der Waals surface area contributed by atoms with Crippen molar-refractivity contribution in [2.24, 2.45) is 5.92 Å². The van der Waals surface area contributed by atoms with Gasteiger partial charge in [0.1, 0.15) is 0 Å². The molecule has 4 rings (SSSR count). The highest BCUT2D eigenvalue weighted by Crippen LogP contribution is 2.38. The van der Waals surface area contributed by atoms with Gasteiger partial charge in [0.05, 0.1) is 11.8 Å². The van der Waals surface area contributed by atoms with Gasteiger partial charge in [-0.15, -0.1) is 0 Å². The summed E-state index contributed by atoms with van der Waals surface area (Å²) in [5, 5.41) is 13.0. The minimum atomic E-state index is -0.933. The van der Waals surface area contributed by atoms with Gasteiger partial charge >= 0.3 is 5.97 Å². The van der Waals surface area contributed by atoms with E-state index in [1.807, 2.05) is 12.1 Å². The third kappa shape index (κ3) is 3.36. The van der Waals surface area contributed by atoms with Crippen LogP contribution >= 0.6 is 11.6 Å². The number of aliphatic carboxylic acids is 1. The first-order chi connectivity index (χ1) is 13.4. The summed E-state index contributed by atoms with van der Waals surface area (Å²) in [4.78, 5) is 38.7. The second-order valence-corrected chi connectivity index (χ2v) is 7.67. The highest BCUT2D eigenvalue weighted by molar-refractivity contribution is 6.30. The minimum Gasteiger partial charge on any atom is -0.481 e. The molecular weight excluding hydrogens is 380 g/mol. The molecule has 144 valence electrons. The molecule has 7 heteroatoms. The molecular formula is C21H19ClN2O4. The molecule has 1 fully saturated rings. The van der Waals surface area contributed by atoms with Gasteiger partial charge in [-0.1, -0.05) is 41.9 Å². The van der Waals surface area contributed by atoms with Crippen LogP contribution in [-0.2, 0) is 14.4 Å². The van der Waals surface area contributed by atoms with Crippen molar-refractivity contribution in [3.05, 3.63) is 64.7 Å². The van der Waals surface area contributed by atoms with E-state index in [1.54, 1.807) is 41.3 Å². The maximum absolute atomic E-state index is 13.2. The largest absolute Gasteiger partial charge is 0.481 e. The van der Waals surface area contributed by atoms with Crippen molar-refractivity contribution in [3.8, 4) is 0 Å². The van der Waals surface area contributed by atoms with Gasteiger partial charge in [0.15, 0.2) is 0 Å². The van der Waals surface area contributed by atoms with Gasteiger partial charge in [-0.25, -0.2) is 0 Å². The number of fused-ring (bicyclic) bond motifs is 1. The van der Waals surface area contributed by atoms with Gasteiger partial charge in [0, 0.05) is 36.1 Å². The first kappa shape index (κ1) is 18.5. The zero-order valence-corrected chi connectivity index (χ0v) is 15.7. The van der Waals surface area contributed by atoms with Crippen LogP contribution in [0.25, 0.3) is 0 Å². The van der Waals surface area contributed by atoms with Crippen LogP contribution in [-0.4, -0.2) is 40.9 Å².